The highest BCUT2D eigenvalue weighted by molar-refractivity contribution is 5.98. The van der Waals surface area contributed by atoms with Crippen molar-refractivity contribution in [2.45, 2.75) is 19.9 Å². The van der Waals surface area contributed by atoms with E-state index in [1.165, 1.54) is 13.0 Å². The minimum absolute atomic E-state index is 0.396. The molecule has 0 aliphatic heterocycles. The number of hydrogen-bond acceptors (Lipinski definition) is 3. The van der Waals surface area contributed by atoms with E-state index in [9.17, 15) is 9.59 Å². The standard InChI is InChI=1S/C11H14N2O3/c1-6-3-4-8(12)5-9(6)10(14)13-7(2)11(15)16/h3-5,7H,12H2,1-2H3,(H,13,14)(H,15,16)/t7-/m1/s1. The first-order valence-corrected chi connectivity index (χ1v) is 4.81. The third kappa shape index (κ3) is 2.73. The number of carbonyl (C=O) groups excluding carboxylic acids is 1. The SMILES string of the molecule is Cc1ccc(N)cc1C(=O)N[C@H](C)C(=O)O. The summed E-state index contributed by atoms with van der Waals surface area (Å²) < 4.78 is 0. The number of benzene rings is 1. The molecule has 5 nitrogen and oxygen atoms in total. The van der Waals surface area contributed by atoms with Crippen LogP contribution in [0, 0.1) is 6.92 Å². The lowest BCUT2D eigenvalue weighted by Crippen LogP contribution is -2.38. The van der Waals surface area contributed by atoms with E-state index in [1.54, 1.807) is 19.1 Å². The number of carboxylic acid groups (broad SMARTS) is 1. The average Bonchev–Trinajstić information content (AvgIpc) is 2.21. The lowest BCUT2D eigenvalue weighted by atomic mass is 10.1. The molecule has 0 unspecified atom stereocenters. The molecule has 0 fully saturated rings. The number of aliphatic carboxylic acids is 1. The van der Waals surface area contributed by atoms with Gasteiger partial charge in [0.25, 0.3) is 5.91 Å². The van der Waals surface area contributed by atoms with Gasteiger partial charge in [-0.1, -0.05) is 6.07 Å². The van der Waals surface area contributed by atoms with Crippen LogP contribution in [0.15, 0.2) is 18.2 Å². The molecule has 0 aliphatic carbocycles. The number of amides is 1. The van der Waals surface area contributed by atoms with Crippen molar-refractivity contribution in [2.75, 3.05) is 5.73 Å². The zero-order chi connectivity index (χ0) is 12.3. The lowest BCUT2D eigenvalue weighted by Gasteiger charge is -2.11. The maximum atomic E-state index is 11.7. The van der Waals surface area contributed by atoms with Crippen LogP contribution in [0.2, 0.25) is 0 Å². The van der Waals surface area contributed by atoms with E-state index in [1.807, 2.05) is 0 Å². The number of nitrogen functional groups attached to an aromatic ring is 1. The fourth-order valence-electron chi connectivity index (χ4n) is 1.22. The van der Waals surface area contributed by atoms with Crippen LogP contribution in [-0.2, 0) is 4.79 Å². The molecule has 1 rings (SSSR count). The maximum Gasteiger partial charge on any atom is 0.325 e. The molecule has 4 N–H and O–H groups in total. The van der Waals surface area contributed by atoms with Gasteiger partial charge in [0.2, 0.25) is 0 Å². The van der Waals surface area contributed by atoms with Crippen molar-refractivity contribution in [1.29, 1.82) is 0 Å². The number of nitrogens with one attached hydrogen (secondary N) is 1. The first-order chi connectivity index (χ1) is 7.41. The van der Waals surface area contributed by atoms with Crippen molar-refractivity contribution >= 4 is 17.6 Å². The van der Waals surface area contributed by atoms with Gasteiger partial charge >= 0.3 is 5.97 Å². The molecule has 1 aromatic rings. The molecule has 0 aromatic heterocycles. The molecule has 0 radical (unpaired) electrons. The topological polar surface area (TPSA) is 92.4 Å². The Kier molecular flexibility index (Phi) is 3.50. The first kappa shape index (κ1) is 12.0. The largest absolute Gasteiger partial charge is 0.480 e. The van der Waals surface area contributed by atoms with Crippen LogP contribution in [0.25, 0.3) is 0 Å². The normalized spacial score (nSPS) is 11.9. The van der Waals surface area contributed by atoms with E-state index in [0.717, 1.165) is 5.56 Å². The number of rotatable bonds is 3. The van der Waals surface area contributed by atoms with E-state index >= 15 is 0 Å². The van der Waals surface area contributed by atoms with E-state index in [0.29, 0.717) is 11.3 Å². The van der Waals surface area contributed by atoms with Crippen molar-refractivity contribution in [3.8, 4) is 0 Å². The maximum absolute atomic E-state index is 11.7. The summed E-state index contributed by atoms with van der Waals surface area (Å²) in [5, 5.41) is 11.0. The number of aryl methyl sites for hydroxylation is 1. The van der Waals surface area contributed by atoms with Gasteiger partial charge < -0.3 is 16.2 Å². The minimum atomic E-state index is -1.07. The molecule has 16 heavy (non-hydrogen) atoms. The van der Waals surface area contributed by atoms with Crippen LogP contribution in [0.3, 0.4) is 0 Å². The van der Waals surface area contributed by atoms with Gasteiger partial charge in [0.1, 0.15) is 6.04 Å². The fourth-order valence-corrected chi connectivity index (χ4v) is 1.22. The number of carbonyl (C=O) groups is 2. The van der Waals surface area contributed by atoms with Crippen LogP contribution in [0.5, 0.6) is 0 Å². The molecule has 86 valence electrons. The van der Waals surface area contributed by atoms with Crippen LogP contribution >= 0.6 is 0 Å². The van der Waals surface area contributed by atoms with Gasteiger partial charge in [-0.15, -0.1) is 0 Å². The second-order valence-electron chi connectivity index (χ2n) is 3.61. The Hall–Kier alpha value is -2.04. The van der Waals surface area contributed by atoms with E-state index < -0.39 is 17.9 Å². The van der Waals surface area contributed by atoms with Crippen molar-refractivity contribution in [3.05, 3.63) is 29.3 Å². The Bertz CT molecular complexity index is 429. The van der Waals surface area contributed by atoms with Crippen LogP contribution in [0.4, 0.5) is 5.69 Å². The second-order valence-corrected chi connectivity index (χ2v) is 3.61. The Labute approximate surface area is 93.3 Å². The summed E-state index contributed by atoms with van der Waals surface area (Å²) in [7, 11) is 0. The molecule has 1 amide bonds. The second kappa shape index (κ2) is 4.65. The third-order valence-corrected chi connectivity index (χ3v) is 2.22. The van der Waals surface area contributed by atoms with Gasteiger partial charge in [-0.05, 0) is 31.5 Å². The molecule has 0 spiro atoms. The summed E-state index contributed by atoms with van der Waals surface area (Å²) in [5.74, 6) is -1.50. The van der Waals surface area contributed by atoms with E-state index in [-0.39, 0.29) is 0 Å². The first-order valence-electron chi connectivity index (χ1n) is 4.81. The Morgan fingerprint density at radius 1 is 1.44 bits per heavy atom. The highest BCUT2D eigenvalue weighted by atomic mass is 16.4. The monoisotopic (exact) mass is 222 g/mol. The molecular weight excluding hydrogens is 208 g/mol. The molecular formula is C11H14N2O3. The average molecular weight is 222 g/mol. The van der Waals surface area contributed by atoms with Gasteiger partial charge in [0.15, 0.2) is 0 Å². The third-order valence-electron chi connectivity index (χ3n) is 2.22. The Morgan fingerprint density at radius 3 is 2.62 bits per heavy atom. The summed E-state index contributed by atoms with van der Waals surface area (Å²) in [6.45, 7) is 3.17. The quantitative estimate of drug-likeness (QED) is 0.659. The Balaban J connectivity index is 2.88. The molecule has 0 bridgehead atoms. The number of anilines is 1. The highest BCUT2D eigenvalue weighted by Crippen LogP contribution is 2.12. The van der Waals surface area contributed by atoms with Crippen LogP contribution in [-0.4, -0.2) is 23.0 Å². The Morgan fingerprint density at radius 2 is 2.06 bits per heavy atom. The smallest absolute Gasteiger partial charge is 0.325 e. The van der Waals surface area contributed by atoms with Crippen LogP contribution in [0.1, 0.15) is 22.8 Å². The van der Waals surface area contributed by atoms with Crippen molar-refractivity contribution in [1.82, 2.24) is 5.32 Å². The zero-order valence-electron chi connectivity index (χ0n) is 9.15. The number of hydrogen-bond donors (Lipinski definition) is 3. The van der Waals surface area contributed by atoms with Crippen LogP contribution < -0.4 is 11.1 Å². The van der Waals surface area contributed by atoms with Gasteiger partial charge in [0, 0.05) is 11.3 Å². The summed E-state index contributed by atoms with van der Waals surface area (Å²) in [6.07, 6.45) is 0. The molecule has 5 heteroatoms. The molecule has 1 aromatic carbocycles. The van der Waals surface area contributed by atoms with Gasteiger partial charge in [-0.2, -0.15) is 0 Å². The van der Waals surface area contributed by atoms with E-state index in [4.69, 9.17) is 10.8 Å². The van der Waals surface area contributed by atoms with Crippen molar-refractivity contribution in [2.24, 2.45) is 0 Å². The van der Waals surface area contributed by atoms with Gasteiger partial charge in [0.05, 0.1) is 0 Å². The number of carboxylic acids is 1. The molecule has 0 saturated heterocycles. The van der Waals surface area contributed by atoms with Gasteiger partial charge in [-0.3, -0.25) is 9.59 Å². The summed E-state index contributed by atoms with van der Waals surface area (Å²) in [4.78, 5) is 22.3. The summed E-state index contributed by atoms with van der Waals surface area (Å²) in [5.41, 5.74) is 7.18. The van der Waals surface area contributed by atoms with Crippen molar-refractivity contribution in [3.63, 3.8) is 0 Å². The predicted octanol–water partition coefficient (Wildman–Crippen LogP) is 0.780. The zero-order valence-corrected chi connectivity index (χ0v) is 9.15. The molecule has 1 atom stereocenters. The fraction of sp³-hybridized carbons (Fsp3) is 0.273. The predicted molar refractivity (Wildman–Crippen MR) is 60.2 cm³/mol. The van der Waals surface area contributed by atoms with Crippen molar-refractivity contribution < 1.29 is 14.7 Å². The van der Waals surface area contributed by atoms with Gasteiger partial charge in [-0.25, -0.2) is 0 Å². The minimum Gasteiger partial charge on any atom is -0.480 e. The molecule has 0 aliphatic rings. The molecule has 0 saturated carbocycles. The van der Waals surface area contributed by atoms with E-state index in [2.05, 4.69) is 5.32 Å². The highest BCUT2D eigenvalue weighted by Gasteiger charge is 2.16. The lowest BCUT2D eigenvalue weighted by molar-refractivity contribution is -0.138. The summed E-state index contributed by atoms with van der Waals surface area (Å²) in [6, 6.07) is 4.01. The molecule has 0 heterocycles. The summed E-state index contributed by atoms with van der Waals surface area (Å²) >= 11 is 0. The number of nitrogens with two attached hydrogens (primary N) is 1.